The van der Waals surface area contributed by atoms with Crippen LogP contribution in [0, 0.1) is 29.0 Å². The Morgan fingerprint density at radius 3 is 2.73 bits per heavy atom. The Bertz CT molecular complexity index is 1190. The van der Waals surface area contributed by atoms with Gasteiger partial charge in [0.05, 0.1) is 23.5 Å². The van der Waals surface area contributed by atoms with E-state index >= 15 is 0 Å². The molecule has 33 heavy (non-hydrogen) atoms. The van der Waals surface area contributed by atoms with Crippen molar-refractivity contribution < 1.29 is 17.6 Å². The van der Waals surface area contributed by atoms with Gasteiger partial charge in [0.1, 0.15) is 5.82 Å². The molecule has 0 spiro atoms. The molecule has 5 rings (SSSR count). The van der Waals surface area contributed by atoms with Crippen molar-refractivity contribution in [1.29, 1.82) is 0 Å². The number of hydrogen-bond donors (Lipinski definition) is 0. The lowest BCUT2D eigenvalue weighted by molar-refractivity contribution is -0.193. The number of fused-ring (bicyclic) bond motifs is 4. The van der Waals surface area contributed by atoms with Crippen LogP contribution in [0.1, 0.15) is 37.4 Å². The molecule has 1 unspecified atom stereocenters. The summed E-state index contributed by atoms with van der Waals surface area (Å²) in [6.07, 6.45) is 3.16. The highest BCUT2D eigenvalue weighted by Crippen LogP contribution is 2.58. The number of hydrogen-bond acceptors (Lipinski definition) is 2. The Morgan fingerprint density at radius 1 is 1.27 bits per heavy atom. The molecule has 9 heteroatoms. The minimum absolute atomic E-state index is 0.0917. The van der Waals surface area contributed by atoms with Gasteiger partial charge in [0.25, 0.3) is 0 Å². The number of allylic oxidation sites excluding steroid dienone is 3. The molecule has 0 N–H and O–H groups in total. The van der Waals surface area contributed by atoms with Gasteiger partial charge in [-0.1, -0.05) is 29.3 Å². The molecule has 1 saturated carbocycles. The highest BCUT2D eigenvalue weighted by molar-refractivity contribution is 5.63. The summed E-state index contributed by atoms with van der Waals surface area (Å²) in [4.78, 5) is 2.74. The highest BCUT2D eigenvalue weighted by atomic mass is 19.4. The second-order valence-electron chi connectivity index (χ2n) is 9.39. The number of benzene rings is 1. The first-order chi connectivity index (χ1) is 15.7. The zero-order valence-corrected chi connectivity index (χ0v) is 18.1. The molecule has 0 amide bonds. The Labute approximate surface area is 188 Å². The van der Waals surface area contributed by atoms with Crippen molar-refractivity contribution in [2.75, 3.05) is 6.54 Å². The smallest absolute Gasteiger partial charge is 0.233 e. The van der Waals surface area contributed by atoms with E-state index in [1.807, 2.05) is 0 Å². The van der Waals surface area contributed by atoms with Gasteiger partial charge in [0.2, 0.25) is 0 Å². The lowest BCUT2D eigenvalue weighted by atomic mass is 9.54. The van der Waals surface area contributed by atoms with E-state index < -0.39 is 23.4 Å². The molecule has 0 bridgehead atoms. The summed E-state index contributed by atoms with van der Waals surface area (Å²) in [5.41, 5.74) is 13.3. The number of nitrogens with zero attached hydrogens (tertiary/aromatic N) is 5. The SMILES string of the molecule is C[C@]12Cc3cnn(-c4ccc(F)cc4)c3C=C1CCC1C2=CC[C@@H](C(F)(F)F)[C@@H]1CN=[N+]=[N-]. The van der Waals surface area contributed by atoms with Crippen LogP contribution in [0.15, 0.2) is 52.8 Å². The summed E-state index contributed by atoms with van der Waals surface area (Å²) < 4.78 is 56.5. The van der Waals surface area contributed by atoms with Crippen molar-refractivity contribution in [1.82, 2.24) is 9.78 Å². The van der Waals surface area contributed by atoms with Gasteiger partial charge in [-0.15, -0.1) is 0 Å². The van der Waals surface area contributed by atoms with Gasteiger partial charge in [0.15, 0.2) is 0 Å². The van der Waals surface area contributed by atoms with Crippen LogP contribution < -0.4 is 0 Å². The monoisotopic (exact) mass is 457 g/mol. The summed E-state index contributed by atoms with van der Waals surface area (Å²) in [5, 5.41) is 8.07. The lowest BCUT2D eigenvalue weighted by Gasteiger charge is -2.51. The molecule has 1 aromatic heterocycles. The quantitative estimate of drug-likeness (QED) is 0.164. The van der Waals surface area contributed by atoms with Crippen LogP contribution in [0.25, 0.3) is 22.2 Å². The number of azide groups is 1. The molecule has 1 fully saturated rings. The summed E-state index contributed by atoms with van der Waals surface area (Å²) in [7, 11) is 0. The molecule has 2 aromatic rings. The Hall–Kier alpha value is -3.06. The summed E-state index contributed by atoms with van der Waals surface area (Å²) in [6.45, 7) is 1.96. The molecule has 0 radical (unpaired) electrons. The zero-order valence-electron chi connectivity index (χ0n) is 18.1. The molecule has 1 heterocycles. The predicted octanol–water partition coefficient (Wildman–Crippen LogP) is 6.80. The van der Waals surface area contributed by atoms with Crippen LogP contribution in [-0.4, -0.2) is 22.5 Å². The molecule has 1 aromatic carbocycles. The van der Waals surface area contributed by atoms with E-state index in [1.54, 1.807) is 29.1 Å². The topological polar surface area (TPSA) is 66.6 Å². The zero-order chi connectivity index (χ0) is 23.4. The fraction of sp³-hybridized carbons (Fsp3) is 0.458. The summed E-state index contributed by atoms with van der Waals surface area (Å²) in [6, 6.07) is 6.13. The number of halogens is 4. The summed E-state index contributed by atoms with van der Waals surface area (Å²) >= 11 is 0. The number of aromatic nitrogens is 2. The molecule has 3 aliphatic rings. The maximum absolute atomic E-state index is 13.8. The third-order valence-electron chi connectivity index (χ3n) is 7.68. The predicted molar refractivity (Wildman–Crippen MR) is 116 cm³/mol. The van der Waals surface area contributed by atoms with Crippen LogP contribution in [0.5, 0.6) is 0 Å². The minimum atomic E-state index is -4.33. The third-order valence-corrected chi connectivity index (χ3v) is 7.68. The number of rotatable bonds is 3. The van der Waals surface area contributed by atoms with E-state index in [0.717, 1.165) is 22.5 Å². The van der Waals surface area contributed by atoms with Crippen LogP contribution in [0.4, 0.5) is 17.6 Å². The van der Waals surface area contributed by atoms with Crippen LogP contribution in [0.3, 0.4) is 0 Å². The van der Waals surface area contributed by atoms with Gasteiger partial charge in [-0.3, -0.25) is 0 Å². The van der Waals surface area contributed by atoms with Gasteiger partial charge < -0.3 is 0 Å². The molecule has 3 aliphatic carbocycles. The average molecular weight is 457 g/mol. The van der Waals surface area contributed by atoms with Crippen molar-refractivity contribution in [3.05, 3.63) is 75.2 Å². The largest absolute Gasteiger partial charge is 0.392 e. The highest BCUT2D eigenvalue weighted by Gasteiger charge is 2.53. The molecule has 4 atom stereocenters. The maximum atomic E-state index is 13.8. The Morgan fingerprint density at radius 2 is 2.03 bits per heavy atom. The van der Waals surface area contributed by atoms with Crippen molar-refractivity contribution >= 4 is 6.08 Å². The van der Waals surface area contributed by atoms with Crippen molar-refractivity contribution in [2.45, 2.75) is 38.8 Å². The fourth-order valence-electron chi connectivity index (χ4n) is 6.09. The normalized spacial score (nSPS) is 28.6. The van der Waals surface area contributed by atoms with Crippen LogP contribution >= 0.6 is 0 Å². The van der Waals surface area contributed by atoms with Gasteiger partial charge in [-0.05, 0) is 79.0 Å². The lowest BCUT2D eigenvalue weighted by Crippen LogP contribution is -2.46. The van der Waals surface area contributed by atoms with Crippen LogP contribution in [0.2, 0.25) is 0 Å². The summed E-state index contributed by atoms with van der Waals surface area (Å²) in [5.74, 6) is -2.83. The maximum Gasteiger partial charge on any atom is 0.392 e. The van der Waals surface area contributed by atoms with E-state index in [1.165, 1.54) is 17.7 Å². The molecule has 0 saturated heterocycles. The molecular formula is C24H23F4N5. The Kier molecular flexibility index (Phi) is 5.12. The molecule has 172 valence electrons. The van der Waals surface area contributed by atoms with E-state index in [9.17, 15) is 17.6 Å². The average Bonchev–Trinajstić information content (AvgIpc) is 3.17. The second-order valence-corrected chi connectivity index (χ2v) is 9.39. The van der Waals surface area contributed by atoms with E-state index in [4.69, 9.17) is 5.53 Å². The van der Waals surface area contributed by atoms with Crippen molar-refractivity contribution in [3.63, 3.8) is 0 Å². The van der Waals surface area contributed by atoms with E-state index in [-0.39, 0.29) is 24.7 Å². The van der Waals surface area contributed by atoms with E-state index in [0.29, 0.717) is 19.3 Å². The van der Waals surface area contributed by atoms with Crippen molar-refractivity contribution in [3.8, 4) is 5.69 Å². The standard InChI is InChI=1S/C24H23F4N5/c1-23-11-14-12-31-33(17-5-3-16(25)4-6-17)22(14)10-15(23)2-7-18-19(13-30-32-29)21(24(26,27)28)9-8-20(18)23/h3-6,8,10,12,18-19,21H,2,7,9,11,13H2,1H3/t18?,19-,21-,23+/m1/s1. The molecule has 0 aliphatic heterocycles. The van der Waals surface area contributed by atoms with Crippen molar-refractivity contribution in [2.24, 2.45) is 28.3 Å². The van der Waals surface area contributed by atoms with Gasteiger partial charge >= 0.3 is 6.18 Å². The number of alkyl halides is 3. The van der Waals surface area contributed by atoms with Gasteiger partial charge in [-0.2, -0.15) is 18.3 Å². The minimum Gasteiger partial charge on any atom is -0.233 e. The first-order valence-corrected chi connectivity index (χ1v) is 11.0. The van der Waals surface area contributed by atoms with E-state index in [2.05, 4.69) is 28.1 Å². The first kappa shape index (κ1) is 21.8. The van der Waals surface area contributed by atoms with Crippen LogP contribution in [-0.2, 0) is 6.42 Å². The fourth-order valence-corrected chi connectivity index (χ4v) is 6.09. The third kappa shape index (κ3) is 3.55. The Balaban J connectivity index is 1.53. The van der Waals surface area contributed by atoms with Gasteiger partial charge in [-0.25, -0.2) is 9.07 Å². The van der Waals surface area contributed by atoms with Gasteiger partial charge in [0, 0.05) is 16.9 Å². The molecule has 5 nitrogen and oxygen atoms in total. The second kappa shape index (κ2) is 7.76. The first-order valence-electron chi connectivity index (χ1n) is 11.0. The molecular weight excluding hydrogens is 434 g/mol.